The Morgan fingerprint density at radius 1 is 1.50 bits per heavy atom. The van der Waals surface area contributed by atoms with Crippen LogP contribution < -0.4 is 5.32 Å². The molecule has 0 saturated heterocycles. The molecule has 0 unspecified atom stereocenters. The lowest BCUT2D eigenvalue weighted by Crippen LogP contribution is -2.36. The smallest absolute Gasteiger partial charge is 0.116 e. The van der Waals surface area contributed by atoms with E-state index in [1.807, 2.05) is 6.92 Å². The molecule has 1 rings (SSSR count). The number of aryl methyl sites for hydroxylation is 1. The first kappa shape index (κ1) is 13.4. The third-order valence-electron chi connectivity index (χ3n) is 2.26. The number of thiazole rings is 1. The summed E-state index contributed by atoms with van der Waals surface area (Å²) in [5.41, 5.74) is 2.69. The lowest BCUT2D eigenvalue weighted by atomic mass is 10.1. The van der Waals surface area contributed by atoms with Gasteiger partial charge in [0.1, 0.15) is 5.01 Å². The quantitative estimate of drug-likeness (QED) is 0.866. The minimum absolute atomic E-state index is 0.174. The molecule has 1 heterocycles. The van der Waals surface area contributed by atoms with Crippen LogP contribution in [0.5, 0.6) is 0 Å². The number of rotatable bonds is 4. The van der Waals surface area contributed by atoms with E-state index in [-0.39, 0.29) is 5.54 Å². The zero-order chi connectivity index (χ0) is 12.2. The van der Waals surface area contributed by atoms with Gasteiger partial charge in [-0.15, -0.1) is 11.3 Å². The van der Waals surface area contributed by atoms with Gasteiger partial charge in [0.15, 0.2) is 0 Å². The van der Waals surface area contributed by atoms with Gasteiger partial charge in [-0.3, -0.25) is 0 Å². The van der Waals surface area contributed by atoms with Gasteiger partial charge in [-0.2, -0.15) is 0 Å². The second-order valence-corrected chi connectivity index (χ2v) is 5.98. The van der Waals surface area contributed by atoms with Crippen LogP contribution in [-0.4, -0.2) is 17.1 Å². The van der Waals surface area contributed by atoms with Crippen LogP contribution in [-0.2, 0) is 0 Å². The molecule has 2 nitrogen and oxygen atoms in total. The van der Waals surface area contributed by atoms with Gasteiger partial charge in [0.25, 0.3) is 0 Å². The summed E-state index contributed by atoms with van der Waals surface area (Å²) in [5, 5.41) is 6.72. The average Bonchev–Trinajstić information content (AvgIpc) is 2.57. The predicted molar refractivity (Wildman–Crippen MR) is 72.9 cm³/mol. The lowest BCUT2D eigenvalue weighted by Gasteiger charge is -2.21. The van der Waals surface area contributed by atoms with Crippen molar-refractivity contribution in [1.82, 2.24) is 10.3 Å². The predicted octanol–water partition coefficient (Wildman–Crippen LogP) is 3.63. The van der Waals surface area contributed by atoms with Crippen molar-refractivity contribution in [3.8, 4) is 0 Å². The van der Waals surface area contributed by atoms with E-state index in [0.29, 0.717) is 0 Å². The summed E-state index contributed by atoms with van der Waals surface area (Å²) < 4.78 is 0. The first-order valence-corrected chi connectivity index (χ1v) is 6.65. The van der Waals surface area contributed by atoms with Crippen molar-refractivity contribution >= 4 is 17.4 Å². The molecule has 16 heavy (non-hydrogen) atoms. The number of nitrogens with one attached hydrogen (secondary N) is 1. The van der Waals surface area contributed by atoms with Crippen LogP contribution in [0.4, 0.5) is 0 Å². The normalized spacial score (nSPS) is 13.2. The Morgan fingerprint density at radius 3 is 2.62 bits per heavy atom. The van der Waals surface area contributed by atoms with Crippen molar-refractivity contribution in [3.05, 3.63) is 21.7 Å². The Hall–Kier alpha value is -0.670. The number of hydrogen-bond donors (Lipinski definition) is 1. The molecular formula is C13H22N2S. The highest BCUT2D eigenvalue weighted by Crippen LogP contribution is 2.14. The fraction of sp³-hybridized carbons (Fsp3) is 0.615. The molecule has 0 atom stereocenters. The van der Waals surface area contributed by atoms with Gasteiger partial charge in [0.2, 0.25) is 0 Å². The summed E-state index contributed by atoms with van der Waals surface area (Å²) in [5.74, 6) is 0. The zero-order valence-electron chi connectivity index (χ0n) is 10.9. The molecule has 0 radical (unpaired) electrons. The molecular weight excluding hydrogens is 216 g/mol. The van der Waals surface area contributed by atoms with E-state index < -0.39 is 0 Å². The number of aromatic nitrogens is 1. The van der Waals surface area contributed by atoms with Gasteiger partial charge < -0.3 is 5.32 Å². The van der Waals surface area contributed by atoms with E-state index in [1.54, 1.807) is 11.3 Å². The average molecular weight is 238 g/mol. The summed E-state index contributed by atoms with van der Waals surface area (Å²) in [6.45, 7) is 11.7. The van der Waals surface area contributed by atoms with Crippen molar-refractivity contribution in [2.24, 2.45) is 0 Å². The van der Waals surface area contributed by atoms with Gasteiger partial charge in [0, 0.05) is 23.2 Å². The van der Waals surface area contributed by atoms with Crippen LogP contribution in [0.3, 0.4) is 0 Å². The van der Waals surface area contributed by atoms with E-state index in [0.717, 1.165) is 23.7 Å². The highest BCUT2D eigenvalue weighted by molar-refractivity contribution is 7.10. The highest BCUT2D eigenvalue weighted by Gasteiger charge is 2.09. The Balaban J connectivity index is 2.64. The van der Waals surface area contributed by atoms with Crippen LogP contribution >= 0.6 is 11.3 Å². The molecule has 0 bridgehead atoms. The number of nitrogens with zero attached hydrogens (tertiary/aromatic N) is 1. The molecule has 1 aromatic rings. The monoisotopic (exact) mass is 238 g/mol. The van der Waals surface area contributed by atoms with Crippen molar-refractivity contribution in [2.45, 2.75) is 46.6 Å². The Bertz CT molecular complexity index is 358. The molecule has 0 aliphatic carbocycles. The topological polar surface area (TPSA) is 24.9 Å². The van der Waals surface area contributed by atoms with Gasteiger partial charge >= 0.3 is 0 Å². The summed E-state index contributed by atoms with van der Waals surface area (Å²) in [6, 6.07) is 0. The molecule has 0 spiro atoms. The SMILES string of the molecule is CCC(=Cc1nc(C)cs1)CNC(C)(C)C. The molecule has 1 aromatic heterocycles. The lowest BCUT2D eigenvalue weighted by molar-refractivity contribution is 0.443. The second kappa shape index (κ2) is 5.60. The minimum Gasteiger partial charge on any atom is -0.308 e. The van der Waals surface area contributed by atoms with Crippen LogP contribution in [0.15, 0.2) is 11.0 Å². The summed E-state index contributed by atoms with van der Waals surface area (Å²) in [7, 11) is 0. The first-order chi connectivity index (χ1) is 7.40. The maximum Gasteiger partial charge on any atom is 0.116 e. The van der Waals surface area contributed by atoms with Gasteiger partial charge in [-0.1, -0.05) is 12.5 Å². The summed E-state index contributed by atoms with van der Waals surface area (Å²) in [6.07, 6.45) is 3.28. The van der Waals surface area contributed by atoms with Crippen LogP contribution in [0.25, 0.3) is 6.08 Å². The first-order valence-electron chi connectivity index (χ1n) is 5.77. The van der Waals surface area contributed by atoms with Crippen LogP contribution in [0.1, 0.15) is 44.8 Å². The van der Waals surface area contributed by atoms with E-state index in [1.165, 1.54) is 5.57 Å². The molecule has 0 aliphatic rings. The van der Waals surface area contributed by atoms with Gasteiger partial charge in [-0.25, -0.2) is 4.98 Å². The standard InChI is InChI=1S/C13H22N2S/c1-6-11(8-14-13(3,4)5)7-12-15-10(2)9-16-12/h7,9,14H,6,8H2,1-5H3. The zero-order valence-corrected chi connectivity index (χ0v) is 11.7. The van der Waals surface area contributed by atoms with E-state index in [4.69, 9.17) is 0 Å². The van der Waals surface area contributed by atoms with Crippen molar-refractivity contribution < 1.29 is 0 Å². The van der Waals surface area contributed by atoms with Gasteiger partial charge in [-0.05, 0) is 40.2 Å². The van der Waals surface area contributed by atoms with E-state index in [9.17, 15) is 0 Å². The van der Waals surface area contributed by atoms with Gasteiger partial charge in [0.05, 0.1) is 0 Å². The summed E-state index contributed by atoms with van der Waals surface area (Å²) >= 11 is 1.71. The maximum atomic E-state index is 4.46. The van der Waals surface area contributed by atoms with Crippen molar-refractivity contribution in [3.63, 3.8) is 0 Å². The Kier molecular flexibility index (Phi) is 4.69. The van der Waals surface area contributed by atoms with E-state index >= 15 is 0 Å². The molecule has 90 valence electrons. The molecule has 0 fully saturated rings. The number of hydrogen-bond acceptors (Lipinski definition) is 3. The maximum absolute atomic E-state index is 4.46. The third-order valence-corrected chi connectivity index (χ3v) is 3.17. The Morgan fingerprint density at radius 2 is 2.19 bits per heavy atom. The largest absolute Gasteiger partial charge is 0.308 e. The molecule has 0 aliphatic heterocycles. The molecule has 0 saturated carbocycles. The highest BCUT2D eigenvalue weighted by atomic mass is 32.1. The summed E-state index contributed by atoms with van der Waals surface area (Å²) in [4.78, 5) is 4.46. The van der Waals surface area contributed by atoms with Crippen molar-refractivity contribution in [2.75, 3.05) is 6.54 Å². The fourth-order valence-corrected chi connectivity index (χ4v) is 2.05. The van der Waals surface area contributed by atoms with Crippen molar-refractivity contribution in [1.29, 1.82) is 0 Å². The fourth-order valence-electron chi connectivity index (χ4n) is 1.27. The molecule has 0 aromatic carbocycles. The molecule has 3 heteroatoms. The van der Waals surface area contributed by atoms with Crippen LogP contribution in [0.2, 0.25) is 0 Å². The Labute approximate surface area is 103 Å². The second-order valence-electron chi connectivity index (χ2n) is 5.09. The molecule has 1 N–H and O–H groups in total. The molecule has 0 amide bonds. The van der Waals surface area contributed by atoms with E-state index in [2.05, 4.69) is 49.5 Å². The minimum atomic E-state index is 0.174. The van der Waals surface area contributed by atoms with Crippen LogP contribution in [0, 0.1) is 6.92 Å². The third kappa shape index (κ3) is 4.90.